The smallest absolute Gasteiger partial charge is 0.320 e. The Morgan fingerprint density at radius 1 is 1.35 bits per heavy atom. The lowest BCUT2D eigenvalue weighted by atomic mass is 10.1. The van der Waals surface area contributed by atoms with Crippen LogP contribution in [0.15, 0.2) is 47.2 Å². The molecule has 9 nitrogen and oxygen atoms in total. The summed E-state index contributed by atoms with van der Waals surface area (Å²) >= 11 is 0. The van der Waals surface area contributed by atoms with E-state index in [1.54, 1.807) is 31.1 Å². The van der Waals surface area contributed by atoms with Gasteiger partial charge in [-0.2, -0.15) is 10.1 Å². The number of benzene rings is 1. The average Bonchev–Trinajstić information content (AvgIpc) is 3.27. The molecule has 0 saturated heterocycles. The molecule has 1 atom stereocenters. The molecular weight excluding hydrogens is 336 g/mol. The number of ether oxygens (including phenoxy) is 1. The van der Waals surface area contributed by atoms with Gasteiger partial charge in [0.05, 0.1) is 25.0 Å². The summed E-state index contributed by atoms with van der Waals surface area (Å²) in [6.07, 6.45) is 3.30. The summed E-state index contributed by atoms with van der Waals surface area (Å²) in [5, 5.41) is 13.6. The third-order valence-corrected chi connectivity index (χ3v) is 3.61. The molecule has 0 fully saturated rings. The van der Waals surface area contributed by atoms with Gasteiger partial charge in [-0.1, -0.05) is 35.5 Å². The van der Waals surface area contributed by atoms with Crippen molar-refractivity contribution in [1.29, 1.82) is 0 Å². The number of amides is 2. The van der Waals surface area contributed by atoms with Gasteiger partial charge in [0.25, 0.3) is 5.89 Å². The fourth-order valence-electron chi connectivity index (χ4n) is 2.40. The third-order valence-electron chi connectivity index (χ3n) is 3.61. The fraction of sp³-hybridized carbons (Fsp3) is 0.294. The standard InChI is InChI=1S/C17H20N6O3/c1-12-19-16(26-22-12)15(13-6-4-3-5-7-13)21-17(24)20-14-10-18-23(11-14)8-9-25-2/h3-7,10-11,15H,8-9H2,1-2H3,(H2,20,21,24)/t15-/m0/s1. The predicted molar refractivity (Wildman–Crippen MR) is 93.6 cm³/mol. The Balaban J connectivity index is 1.70. The maximum atomic E-state index is 12.4. The Morgan fingerprint density at radius 2 is 2.15 bits per heavy atom. The van der Waals surface area contributed by atoms with Crippen molar-refractivity contribution in [1.82, 2.24) is 25.2 Å². The molecule has 9 heteroatoms. The number of hydrogen-bond acceptors (Lipinski definition) is 6. The average molecular weight is 356 g/mol. The molecule has 3 aromatic rings. The first kappa shape index (κ1) is 17.6. The zero-order chi connectivity index (χ0) is 18.4. The van der Waals surface area contributed by atoms with E-state index < -0.39 is 12.1 Å². The van der Waals surface area contributed by atoms with Crippen molar-refractivity contribution >= 4 is 11.7 Å². The maximum absolute atomic E-state index is 12.4. The molecule has 0 spiro atoms. The Kier molecular flexibility index (Phi) is 5.59. The number of aryl methyl sites for hydroxylation is 1. The summed E-state index contributed by atoms with van der Waals surface area (Å²) in [4.78, 5) is 16.7. The summed E-state index contributed by atoms with van der Waals surface area (Å²) in [6, 6.07) is 8.46. The predicted octanol–water partition coefficient (Wildman–Crippen LogP) is 2.13. The van der Waals surface area contributed by atoms with Gasteiger partial charge in [-0.15, -0.1) is 0 Å². The fourth-order valence-corrected chi connectivity index (χ4v) is 2.40. The minimum absolute atomic E-state index is 0.319. The molecular formula is C17H20N6O3. The van der Waals surface area contributed by atoms with E-state index in [0.717, 1.165) is 5.56 Å². The topological polar surface area (TPSA) is 107 Å². The summed E-state index contributed by atoms with van der Waals surface area (Å²) in [6.45, 7) is 2.87. The van der Waals surface area contributed by atoms with Crippen molar-refractivity contribution < 1.29 is 14.1 Å². The quantitative estimate of drug-likeness (QED) is 0.671. The van der Waals surface area contributed by atoms with Crippen LogP contribution < -0.4 is 10.6 Å². The van der Waals surface area contributed by atoms with Crippen LogP contribution in [0.1, 0.15) is 23.3 Å². The highest BCUT2D eigenvalue weighted by Gasteiger charge is 2.22. The van der Waals surface area contributed by atoms with Gasteiger partial charge < -0.3 is 19.9 Å². The number of rotatable bonds is 7. The zero-order valence-electron chi connectivity index (χ0n) is 14.5. The molecule has 2 amide bonds. The summed E-state index contributed by atoms with van der Waals surface area (Å²) < 4.78 is 11.9. The number of nitrogens with zero attached hydrogens (tertiary/aromatic N) is 4. The molecule has 2 aromatic heterocycles. The molecule has 0 aliphatic heterocycles. The second kappa shape index (κ2) is 8.26. The highest BCUT2D eigenvalue weighted by atomic mass is 16.5. The van der Waals surface area contributed by atoms with E-state index >= 15 is 0 Å². The summed E-state index contributed by atoms with van der Waals surface area (Å²) in [7, 11) is 1.62. The van der Waals surface area contributed by atoms with Crippen LogP contribution in [0.2, 0.25) is 0 Å². The van der Waals surface area contributed by atoms with Crippen molar-refractivity contribution in [3.05, 3.63) is 60.0 Å². The molecule has 26 heavy (non-hydrogen) atoms. The van der Waals surface area contributed by atoms with Gasteiger partial charge in [0.15, 0.2) is 5.82 Å². The van der Waals surface area contributed by atoms with Gasteiger partial charge in [0.1, 0.15) is 6.04 Å². The lowest BCUT2D eigenvalue weighted by molar-refractivity contribution is 0.183. The van der Waals surface area contributed by atoms with Crippen molar-refractivity contribution in [3.8, 4) is 0 Å². The van der Waals surface area contributed by atoms with E-state index in [9.17, 15) is 4.79 Å². The molecule has 1 aromatic carbocycles. The van der Waals surface area contributed by atoms with Gasteiger partial charge in [-0.05, 0) is 12.5 Å². The van der Waals surface area contributed by atoms with E-state index in [-0.39, 0.29) is 0 Å². The summed E-state index contributed by atoms with van der Waals surface area (Å²) in [5.41, 5.74) is 1.41. The van der Waals surface area contributed by atoms with Crippen molar-refractivity contribution in [2.75, 3.05) is 19.0 Å². The van der Waals surface area contributed by atoms with E-state index in [1.807, 2.05) is 30.3 Å². The first-order chi connectivity index (χ1) is 12.7. The number of urea groups is 1. The normalized spacial score (nSPS) is 11.9. The Hall–Kier alpha value is -3.20. The Labute approximate surface area is 150 Å². The molecule has 0 bridgehead atoms. The van der Waals surface area contributed by atoms with E-state index in [2.05, 4.69) is 25.9 Å². The van der Waals surface area contributed by atoms with Gasteiger partial charge in [0, 0.05) is 13.3 Å². The minimum Gasteiger partial charge on any atom is -0.383 e. The second-order valence-electron chi connectivity index (χ2n) is 5.61. The Bertz CT molecular complexity index is 845. The van der Waals surface area contributed by atoms with Gasteiger partial charge >= 0.3 is 6.03 Å². The number of nitrogens with one attached hydrogen (secondary N) is 2. The largest absolute Gasteiger partial charge is 0.383 e. The molecule has 0 unspecified atom stereocenters. The van der Waals surface area contributed by atoms with Crippen LogP contribution in [-0.4, -0.2) is 39.7 Å². The van der Waals surface area contributed by atoms with Crippen LogP contribution >= 0.6 is 0 Å². The molecule has 0 saturated carbocycles. The SMILES string of the molecule is COCCn1cc(NC(=O)N[C@@H](c2ccccc2)c2nc(C)no2)cn1. The third kappa shape index (κ3) is 4.45. The summed E-state index contributed by atoms with van der Waals surface area (Å²) in [5.74, 6) is 0.821. The number of aromatic nitrogens is 4. The first-order valence-electron chi connectivity index (χ1n) is 8.10. The van der Waals surface area contributed by atoms with E-state index in [1.165, 1.54) is 0 Å². The number of carbonyl (C=O) groups is 1. The van der Waals surface area contributed by atoms with Crippen LogP contribution in [0.5, 0.6) is 0 Å². The molecule has 3 rings (SSSR count). The number of carbonyl (C=O) groups excluding carboxylic acids is 1. The van der Waals surface area contributed by atoms with Gasteiger partial charge in [-0.25, -0.2) is 4.79 Å². The first-order valence-corrected chi connectivity index (χ1v) is 8.10. The van der Waals surface area contributed by atoms with Crippen molar-refractivity contribution in [3.63, 3.8) is 0 Å². The van der Waals surface area contributed by atoms with Crippen LogP contribution in [0.4, 0.5) is 10.5 Å². The number of hydrogen-bond donors (Lipinski definition) is 2. The number of methoxy groups -OCH3 is 1. The lowest BCUT2D eigenvalue weighted by Gasteiger charge is -2.15. The van der Waals surface area contributed by atoms with E-state index in [4.69, 9.17) is 9.26 Å². The molecule has 0 aliphatic rings. The van der Waals surface area contributed by atoms with Crippen LogP contribution in [0, 0.1) is 6.92 Å². The minimum atomic E-state index is -0.555. The molecule has 0 radical (unpaired) electrons. The highest BCUT2D eigenvalue weighted by Crippen LogP contribution is 2.20. The number of anilines is 1. The van der Waals surface area contributed by atoms with Crippen LogP contribution in [-0.2, 0) is 11.3 Å². The second-order valence-corrected chi connectivity index (χ2v) is 5.61. The van der Waals surface area contributed by atoms with Crippen molar-refractivity contribution in [2.45, 2.75) is 19.5 Å². The van der Waals surface area contributed by atoms with Crippen LogP contribution in [0.3, 0.4) is 0 Å². The van der Waals surface area contributed by atoms with Crippen LogP contribution in [0.25, 0.3) is 0 Å². The lowest BCUT2D eigenvalue weighted by Crippen LogP contribution is -2.33. The molecule has 2 N–H and O–H groups in total. The van der Waals surface area contributed by atoms with Gasteiger partial charge in [0.2, 0.25) is 0 Å². The monoisotopic (exact) mass is 356 g/mol. The Morgan fingerprint density at radius 3 is 2.85 bits per heavy atom. The molecule has 136 valence electrons. The van der Waals surface area contributed by atoms with Crippen molar-refractivity contribution in [2.24, 2.45) is 0 Å². The highest BCUT2D eigenvalue weighted by molar-refractivity contribution is 5.89. The molecule has 0 aliphatic carbocycles. The van der Waals surface area contributed by atoms with Gasteiger partial charge in [-0.3, -0.25) is 4.68 Å². The zero-order valence-corrected chi connectivity index (χ0v) is 14.5. The maximum Gasteiger partial charge on any atom is 0.320 e. The van der Waals surface area contributed by atoms with E-state index in [0.29, 0.717) is 30.6 Å². The molecule has 2 heterocycles.